The minimum absolute atomic E-state index is 0.0748. The molecule has 0 aromatic heterocycles. The summed E-state index contributed by atoms with van der Waals surface area (Å²) in [5.41, 5.74) is -0.336. The topological polar surface area (TPSA) is 49.4 Å². The van der Waals surface area contributed by atoms with Crippen molar-refractivity contribution in [3.8, 4) is 0 Å². The Kier molecular flexibility index (Phi) is 4.77. The van der Waals surface area contributed by atoms with Gasteiger partial charge in [-0.2, -0.15) is 0 Å². The van der Waals surface area contributed by atoms with Crippen molar-refractivity contribution in [2.24, 2.45) is 5.41 Å². The number of carbonyl (C=O) groups is 2. The second-order valence-electron chi connectivity index (χ2n) is 4.52. The number of hydrogen-bond donors (Lipinski definition) is 1. The van der Waals surface area contributed by atoms with Gasteiger partial charge in [-0.05, 0) is 7.05 Å². The normalized spacial score (nSPS) is 11.6. The van der Waals surface area contributed by atoms with Gasteiger partial charge in [0.15, 0.2) is 5.78 Å². The Morgan fingerprint density at radius 2 is 1.71 bits per heavy atom. The van der Waals surface area contributed by atoms with E-state index >= 15 is 0 Å². The van der Waals surface area contributed by atoms with E-state index < -0.39 is 0 Å². The molecule has 0 bridgehead atoms. The van der Waals surface area contributed by atoms with Crippen LogP contribution in [0.4, 0.5) is 0 Å². The van der Waals surface area contributed by atoms with Gasteiger partial charge in [0.1, 0.15) is 0 Å². The molecule has 0 aliphatic rings. The number of ketones is 1. The summed E-state index contributed by atoms with van der Waals surface area (Å²) in [5.74, 6) is 0.0677. The Morgan fingerprint density at radius 3 is 2.07 bits per heavy atom. The van der Waals surface area contributed by atoms with Crippen molar-refractivity contribution in [1.29, 1.82) is 0 Å². The van der Waals surface area contributed by atoms with E-state index in [4.69, 9.17) is 0 Å². The van der Waals surface area contributed by atoms with Crippen LogP contribution in [0.2, 0.25) is 0 Å². The van der Waals surface area contributed by atoms with Gasteiger partial charge in [0, 0.05) is 12.5 Å². The van der Waals surface area contributed by atoms with Crippen molar-refractivity contribution in [3.05, 3.63) is 0 Å². The maximum Gasteiger partial charge on any atom is 0.233 e. The summed E-state index contributed by atoms with van der Waals surface area (Å²) in [6.07, 6.45) is 0. The van der Waals surface area contributed by atoms with Gasteiger partial charge in [0.25, 0.3) is 0 Å². The summed E-state index contributed by atoms with van der Waals surface area (Å²) in [4.78, 5) is 24.3. The summed E-state index contributed by atoms with van der Waals surface area (Å²) in [7, 11) is 3.35. The summed E-state index contributed by atoms with van der Waals surface area (Å²) in [6.45, 7) is 6.21. The molecular weight excluding hydrogens is 180 g/mol. The molecule has 0 aliphatic heterocycles. The fraction of sp³-hybridized carbons (Fsp3) is 0.800. The average molecular weight is 200 g/mol. The molecule has 4 nitrogen and oxygen atoms in total. The second-order valence-corrected chi connectivity index (χ2v) is 4.52. The van der Waals surface area contributed by atoms with E-state index in [-0.39, 0.29) is 23.7 Å². The number of likely N-dealkylation sites (N-methyl/N-ethyl adjacent to an activating group) is 2. The number of rotatable bonds is 4. The van der Waals surface area contributed by atoms with Crippen LogP contribution in [0.1, 0.15) is 20.8 Å². The van der Waals surface area contributed by atoms with E-state index in [1.807, 2.05) is 20.8 Å². The number of carbonyl (C=O) groups excluding carboxylic acids is 2. The molecule has 0 radical (unpaired) electrons. The molecule has 4 heteroatoms. The van der Waals surface area contributed by atoms with Crippen LogP contribution in [0.5, 0.6) is 0 Å². The average Bonchev–Trinajstić information content (AvgIpc) is 2.02. The van der Waals surface area contributed by atoms with Gasteiger partial charge in [-0.1, -0.05) is 20.8 Å². The Bertz CT molecular complexity index is 219. The molecule has 0 fully saturated rings. The molecule has 0 saturated carbocycles. The lowest BCUT2D eigenvalue weighted by Gasteiger charge is -2.21. The molecule has 14 heavy (non-hydrogen) atoms. The van der Waals surface area contributed by atoms with E-state index in [1.165, 1.54) is 0 Å². The van der Waals surface area contributed by atoms with Crippen molar-refractivity contribution in [2.45, 2.75) is 20.8 Å². The quantitative estimate of drug-likeness (QED) is 0.709. The van der Waals surface area contributed by atoms with E-state index in [9.17, 15) is 9.59 Å². The fourth-order valence-corrected chi connectivity index (χ4v) is 0.862. The first-order valence-corrected chi connectivity index (χ1v) is 4.70. The summed E-state index contributed by atoms with van der Waals surface area (Å²) in [5, 5.41) is 2.52. The van der Waals surface area contributed by atoms with Crippen molar-refractivity contribution in [3.63, 3.8) is 0 Å². The molecular formula is C10H20N2O2. The maximum atomic E-state index is 11.6. The van der Waals surface area contributed by atoms with Gasteiger partial charge in [-0.15, -0.1) is 0 Å². The first-order valence-electron chi connectivity index (χ1n) is 4.70. The van der Waals surface area contributed by atoms with Crippen LogP contribution in [-0.4, -0.2) is 43.8 Å². The minimum Gasteiger partial charge on any atom is -0.358 e. The highest BCUT2D eigenvalue weighted by Crippen LogP contribution is 2.14. The molecule has 0 saturated heterocycles. The highest BCUT2D eigenvalue weighted by molar-refractivity contribution is 5.86. The zero-order valence-corrected chi connectivity index (χ0v) is 9.68. The predicted octanol–water partition coefficient (Wildman–Crippen LogP) is 0.279. The van der Waals surface area contributed by atoms with Gasteiger partial charge in [-0.25, -0.2) is 0 Å². The third-order valence-electron chi connectivity index (χ3n) is 1.94. The number of amides is 1. The Hall–Kier alpha value is -0.900. The smallest absolute Gasteiger partial charge is 0.233 e. The van der Waals surface area contributed by atoms with E-state index in [0.717, 1.165) is 0 Å². The van der Waals surface area contributed by atoms with Crippen molar-refractivity contribution in [2.75, 3.05) is 27.2 Å². The van der Waals surface area contributed by atoms with E-state index in [2.05, 4.69) is 5.32 Å². The second kappa shape index (κ2) is 5.10. The first kappa shape index (κ1) is 13.1. The Labute approximate surface area is 85.7 Å². The largest absolute Gasteiger partial charge is 0.358 e. The van der Waals surface area contributed by atoms with Crippen molar-refractivity contribution < 1.29 is 9.59 Å². The van der Waals surface area contributed by atoms with Crippen LogP contribution in [-0.2, 0) is 9.59 Å². The van der Waals surface area contributed by atoms with Crippen LogP contribution in [0.25, 0.3) is 0 Å². The number of nitrogens with zero attached hydrogens (tertiary/aromatic N) is 1. The molecule has 1 amide bonds. The lowest BCUT2D eigenvalue weighted by atomic mass is 9.90. The number of nitrogens with one attached hydrogen (secondary N) is 1. The van der Waals surface area contributed by atoms with Crippen molar-refractivity contribution >= 4 is 11.7 Å². The fourth-order valence-electron chi connectivity index (χ4n) is 0.862. The molecule has 82 valence electrons. The molecule has 0 spiro atoms. The highest BCUT2D eigenvalue weighted by Gasteiger charge is 2.22. The Morgan fingerprint density at radius 1 is 1.21 bits per heavy atom. The SMILES string of the molecule is CNC(=O)CN(C)CC(=O)C(C)(C)C. The molecule has 0 heterocycles. The molecule has 0 aromatic carbocycles. The zero-order chi connectivity index (χ0) is 11.4. The molecule has 0 aliphatic carbocycles. The molecule has 0 aromatic rings. The first-order chi connectivity index (χ1) is 6.27. The van der Waals surface area contributed by atoms with Gasteiger partial charge >= 0.3 is 0 Å². The standard InChI is InChI=1S/C10H20N2O2/c1-10(2,3)8(13)6-12(5)7-9(14)11-4/h6-7H2,1-5H3,(H,11,14). The third kappa shape index (κ3) is 4.97. The lowest BCUT2D eigenvalue weighted by molar-refractivity contribution is -0.128. The summed E-state index contributed by atoms with van der Waals surface area (Å²) in [6, 6.07) is 0. The van der Waals surface area contributed by atoms with Gasteiger partial charge in [-0.3, -0.25) is 14.5 Å². The predicted molar refractivity (Wildman–Crippen MR) is 56.0 cm³/mol. The molecule has 1 N–H and O–H groups in total. The summed E-state index contributed by atoms with van der Waals surface area (Å²) < 4.78 is 0. The van der Waals surface area contributed by atoms with Crippen LogP contribution >= 0.6 is 0 Å². The molecule has 0 rings (SSSR count). The Balaban J connectivity index is 4.01. The number of hydrogen-bond acceptors (Lipinski definition) is 3. The molecule has 0 unspecified atom stereocenters. The lowest BCUT2D eigenvalue weighted by Crippen LogP contribution is -2.39. The van der Waals surface area contributed by atoms with E-state index in [0.29, 0.717) is 6.54 Å². The summed E-state index contributed by atoms with van der Waals surface area (Å²) >= 11 is 0. The zero-order valence-electron chi connectivity index (χ0n) is 9.68. The maximum absolute atomic E-state index is 11.6. The third-order valence-corrected chi connectivity index (χ3v) is 1.94. The van der Waals surface area contributed by atoms with Crippen LogP contribution in [0.3, 0.4) is 0 Å². The van der Waals surface area contributed by atoms with Gasteiger partial charge in [0.05, 0.1) is 13.1 Å². The van der Waals surface area contributed by atoms with Crippen LogP contribution in [0.15, 0.2) is 0 Å². The number of Topliss-reactive ketones (excluding diaryl/α,β-unsaturated/α-hetero) is 1. The van der Waals surface area contributed by atoms with Gasteiger partial charge in [0.2, 0.25) is 5.91 Å². The molecule has 0 atom stereocenters. The minimum atomic E-state index is -0.336. The van der Waals surface area contributed by atoms with Crippen LogP contribution < -0.4 is 5.32 Å². The monoisotopic (exact) mass is 200 g/mol. The van der Waals surface area contributed by atoms with Crippen molar-refractivity contribution in [1.82, 2.24) is 10.2 Å². The van der Waals surface area contributed by atoms with Gasteiger partial charge < -0.3 is 5.32 Å². The van der Waals surface area contributed by atoms with Crippen LogP contribution in [0, 0.1) is 5.41 Å². The highest BCUT2D eigenvalue weighted by atomic mass is 16.2. The van der Waals surface area contributed by atoms with E-state index in [1.54, 1.807) is 19.0 Å².